The van der Waals surface area contributed by atoms with Crippen LogP contribution in [0.2, 0.25) is 0 Å². The topological polar surface area (TPSA) is 76.1 Å². The second kappa shape index (κ2) is 13.1. The maximum atomic E-state index is 6.31. The van der Waals surface area contributed by atoms with Crippen LogP contribution in [0.4, 0.5) is 5.82 Å². The summed E-state index contributed by atoms with van der Waals surface area (Å²) in [5, 5.41) is 1.91. The molecule has 7 nitrogen and oxygen atoms in total. The maximum absolute atomic E-state index is 6.31. The molecule has 6 rings (SSSR count). The van der Waals surface area contributed by atoms with E-state index in [4.69, 9.17) is 15.7 Å². The molecule has 1 atom stereocenters. The number of aromatic nitrogens is 4. The van der Waals surface area contributed by atoms with Crippen LogP contribution in [0.3, 0.4) is 0 Å². The summed E-state index contributed by atoms with van der Waals surface area (Å²) in [6.45, 7) is 14.2. The number of anilines is 1. The molecule has 1 unspecified atom stereocenters. The van der Waals surface area contributed by atoms with E-state index >= 15 is 0 Å². The van der Waals surface area contributed by atoms with Gasteiger partial charge >= 0.3 is 0 Å². The third kappa shape index (κ3) is 6.20. The summed E-state index contributed by atoms with van der Waals surface area (Å²) >= 11 is 1.71. The average Bonchev–Trinajstić information content (AvgIpc) is 3.39. The molecular formula is C33H37N7S. The molecule has 0 aliphatic carbocycles. The second-order valence-corrected chi connectivity index (χ2v) is 10.8. The van der Waals surface area contributed by atoms with Gasteiger partial charge in [0.05, 0.1) is 11.3 Å². The molecule has 0 amide bonds. The Balaban J connectivity index is 0.00000165. The van der Waals surface area contributed by atoms with E-state index in [0.717, 1.165) is 65.7 Å². The number of hydrogen-bond acceptors (Lipinski definition) is 7. The van der Waals surface area contributed by atoms with Crippen molar-refractivity contribution in [1.29, 1.82) is 0 Å². The first-order chi connectivity index (χ1) is 20.1. The number of rotatable bonds is 7. The highest BCUT2D eigenvalue weighted by Gasteiger charge is 2.24. The minimum Gasteiger partial charge on any atom is -0.383 e. The number of nitrogens with zero attached hydrogens (tertiary/aromatic N) is 6. The van der Waals surface area contributed by atoms with E-state index in [0.29, 0.717) is 11.9 Å². The van der Waals surface area contributed by atoms with Crippen LogP contribution < -0.4 is 5.73 Å². The molecule has 41 heavy (non-hydrogen) atoms. The number of benzene rings is 2. The highest BCUT2D eigenvalue weighted by molar-refractivity contribution is 7.99. The molecule has 1 aliphatic heterocycles. The maximum Gasteiger partial charge on any atom is 0.165 e. The number of piperazine rings is 1. The van der Waals surface area contributed by atoms with Crippen LogP contribution in [0.15, 0.2) is 97.0 Å². The van der Waals surface area contributed by atoms with Gasteiger partial charge in [0.1, 0.15) is 11.3 Å². The van der Waals surface area contributed by atoms with E-state index in [2.05, 4.69) is 68.7 Å². The number of nitrogen functional groups attached to an aromatic ring is 1. The lowest BCUT2D eigenvalue weighted by Gasteiger charge is -2.38. The van der Waals surface area contributed by atoms with E-state index in [1.165, 1.54) is 5.56 Å². The summed E-state index contributed by atoms with van der Waals surface area (Å²) in [5.74, 6) is 1.17. The lowest BCUT2D eigenvalue weighted by atomic mass is 10.1. The molecule has 210 valence electrons. The van der Waals surface area contributed by atoms with Gasteiger partial charge in [-0.05, 0) is 54.3 Å². The summed E-state index contributed by atoms with van der Waals surface area (Å²) in [5.41, 5.74) is 12.9. The van der Waals surface area contributed by atoms with Gasteiger partial charge in [-0.1, -0.05) is 74.8 Å². The molecule has 2 N–H and O–H groups in total. The molecule has 3 aromatic heterocycles. The van der Waals surface area contributed by atoms with Crippen molar-refractivity contribution in [3.63, 3.8) is 0 Å². The van der Waals surface area contributed by atoms with Gasteiger partial charge in [-0.15, -0.1) is 0 Å². The zero-order chi connectivity index (χ0) is 28.8. The summed E-state index contributed by atoms with van der Waals surface area (Å²) in [4.78, 5) is 16.9. The first-order valence-corrected chi connectivity index (χ1v) is 15.0. The van der Waals surface area contributed by atoms with Crippen LogP contribution >= 0.6 is 11.9 Å². The van der Waals surface area contributed by atoms with Gasteiger partial charge in [0.15, 0.2) is 11.5 Å². The van der Waals surface area contributed by atoms with Crippen LogP contribution in [0.25, 0.3) is 39.5 Å². The van der Waals surface area contributed by atoms with Crippen molar-refractivity contribution in [3.05, 3.63) is 103 Å². The summed E-state index contributed by atoms with van der Waals surface area (Å²) in [6.07, 6.45) is 1.70. The fourth-order valence-corrected chi connectivity index (χ4v) is 5.83. The molecule has 0 spiro atoms. The Bertz CT molecular complexity index is 1600. The molecule has 8 heteroatoms. The Labute approximate surface area is 246 Å². The van der Waals surface area contributed by atoms with E-state index in [1.807, 2.05) is 61.7 Å². The van der Waals surface area contributed by atoms with Gasteiger partial charge in [0, 0.05) is 49.7 Å². The number of hydrogen-bond donors (Lipinski definition) is 1. The minimum atomic E-state index is 0.442. The first-order valence-electron chi connectivity index (χ1n) is 14.1. The number of nitrogens with two attached hydrogens (primary N) is 1. The van der Waals surface area contributed by atoms with Crippen molar-refractivity contribution in [2.24, 2.45) is 0 Å². The second-order valence-electron chi connectivity index (χ2n) is 9.78. The first kappa shape index (κ1) is 28.5. The van der Waals surface area contributed by atoms with Crippen LogP contribution in [0.1, 0.15) is 26.3 Å². The van der Waals surface area contributed by atoms with Crippen molar-refractivity contribution in [3.8, 4) is 28.3 Å². The predicted octanol–water partition coefficient (Wildman–Crippen LogP) is 7.06. The molecular weight excluding hydrogens is 526 g/mol. The lowest BCUT2D eigenvalue weighted by Crippen LogP contribution is -2.48. The third-order valence-electron chi connectivity index (χ3n) is 7.11. The van der Waals surface area contributed by atoms with Crippen LogP contribution in [0, 0.1) is 0 Å². The Morgan fingerprint density at radius 1 is 0.951 bits per heavy atom. The van der Waals surface area contributed by atoms with Crippen molar-refractivity contribution in [2.45, 2.75) is 33.4 Å². The molecule has 2 aromatic carbocycles. The van der Waals surface area contributed by atoms with Crippen LogP contribution in [-0.2, 0) is 6.54 Å². The highest BCUT2D eigenvalue weighted by Crippen LogP contribution is 2.32. The van der Waals surface area contributed by atoms with E-state index in [-0.39, 0.29) is 0 Å². The van der Waals surface area contributed by atoms with Crippen LogP contribution in [0.5, 0.6) is 0 Å². The number of imidazole rings is 1. The zero-order valence-corrected chi connectivity index (χ0v) is 24.8. The predicted molar refractivity (Wildman–Crippen MR) is 173 cm³/mol. The fourth-order valence-electron chi connectivity index (χ4n) is 5.18. The monoisotopic (exact) mass is 563 g/mol. The largest absolute Gasteiger partial charge is 0.383 e. The minimum absolute atomic E-state index is 0.442. The Morgan fingerprint density at radius 3 is 2.44 bits per heavy atom. The Morgan fingerprint density at radius 2 is 1.73 bits per heavy atom. The van der Waals surface area contributed by atoms with E-state index < -0.39 is 0 Å². The number of fused-ring (bicyclic) bond motifs is 1. The van der Waals surface area contributed by atoms with Crippen molar-refractivity contribution in [1.82, 2.24) is 28.7 Å². The van der Waals surface area contributed by atoms with Gasteiger partial charge in [-0.3, -0.25) is 9.47 Å². The molecule has 1 fully saturated rings. The molecule has 0 bridgehead atoms. The molecule has 5 aromatic rings. The van der Waals surface area contributed by atoms with Gasteiger partial charge in [0.2, 0.25) is 0 Å². The molecule has 1 aliphatic rings. The average molecular weight is 564 g/mol. The fraction of sp³-hybridized carbons (Fsp3) is 0.242. The van der Waals surface area contributed by atoms with Crippen LogP contribution in [-0.4, -0.2) is 54.4 Å². The van der Waals surface area contributed by atoms with Gasteiger partial charge in [-0.2, -0.15) is 0 Å². The summed E-state index contributed by atoms with van der Waals surface area (Å²) in [6, 6.07) is 27.3. The zero-order valence-electron chi connectivity index (χ0n) is 23.9. The molecule has 0 saturated carbocycles. The third-order valence-corrected chi connectivity index (χ3v) is 8.08. The lowest BCUT2D eigenvalue weighted by molar-refractivity contribution is 0.146. The van der Waals surface area contributed by atoms with E-state index in [9.17, 15) is 0 Å². The standard InChI is InChI=1S/C31H31N7S.C2H6/c1-3-39-37-19-18-36(20-22(37)2)21-23-11-13-25(14-12-23)38-30(26-10-7-17-33-29(26)32)35-28-16-15-27(34-31(28)38)24-8-5-4-6-9-24;1-2/h3-17,22H,1,18-21H2,2H3,(H2,32,33);1-2H3. The van der Waals surface area contributed by atoms with Crippen molar-refractivity contribution >= 4 is 28.9 Å². The van der Waals surface area contributed by atoms with E-state index in [1.54, 1.807) is 18.1 Å². The molecule has 0 radical (unpaired) electrons. The Hall–Kier alpha value is -3.98. The van der Waals surface area contributed by atoms with Gasteiger partial charge < -0.3 is 5.73 Å². The van der Waals surface area contributed by atoms with Crippen molar-refractivity contribution in [2.75, 3.05) is 25.4 Å². The van der Waals surface area contributed by atoms with Gasteiger partial charge in [-0.25, -0.2) is 19.3 Å². The molecule has 4 heterocycles. The van der Waals surface area contributed by atoms with Crippen molar-refractivity contribution < 1.29 is 0 Å². The van der Waals surface area contributed by atoms with Gasteiger partial charge in [0.25, 0.3) is 0 Å². The summed E-state index contributed by atoms with van der Waals surface area (Å²) in [7, 11) is 0. The number of pyridine rings is 2. The SMILES string of the molecule is C=CSN1CCN(Cc2ccc(-n3c(-c4cccnc4N)nc4ccc(-c5ccccc5)nc43)cc2)CC1C.CC. The quantitative estimate of drug-likeness (QED) is 0.213. The normalized spacial score (nSPS) is 15.8. The smallest absolute Gasteiger partial charge is 0.165 e. The summed E-state index contributed by atoms with van der Waals surface area (Å²) < 4.78 is 4.49. The highest BCUT2D eigenvalue weighted by atomic mass is 32.2. The molecule has 1 saturated heterocycles. The Kier molecular flexibility index (Phi) is 9.14.